The van der Waals surface area contributed by atoms with Gasteiger partial charge in [0.15, 0.2) is 0 Å². The van der Waals surface area contributed by atoms with E-state index in [2.05, 4.69) is 48.5 Å². The van der Waals surface area contributed by atoms with Crippen LogP contribution in [-0.2, 0) is 11.2 Å². The number of allylic oxidation sites excluding steroid dienone is 1. The summed E-state index contributed by atoms with van der Waals surface area (Å²) in [5, 5.41) is 0. The molecule has 0 aromatic heterocycles. The molecule has 2 heteroatoms. The van der Waals surface area contributed by atoms with Gasteiger partial charge in [0.05, 0.1) is 5.92 Å². The van der Waals surface area contributed by atoms with Crippen molar-refractivity contribution in [2.24, 2.45) is 5.92 Å². The van der Waals surface area contributed by atoms with Gasteiger partial charge in [0.1, 0.15) is 5.75 Å². The van der Waals surface area contributed by atoms with Gasteiger partial charge in [0.25, 0.3) is 0 Å². The highest BCUT2D eigenvalue weighted by Gasteiger charge is 2.31. The molecular formula is C25H20O2. The second kappa shape index (κ2) is 6.55. The van der Waals surface area contributed by atoms with Gasteiger partial charge in [-0.3, -0.25) is 4.79 Å². The molecule has 0 saturated heterocycles. The number of hydrogen-bond donors (Lipinski definition) is 0. The molecule has 27 heavy (non-hydrogen) atoms. The Kier molecular flexibility index (Phi) is 3.90. The van der Waals surface area contributed by atoms with E-state index < -0.39 is 0 Å². The standard InChI is InChI=1S/C25H20O2/c26-25(21-13-18(14-21)12-17-6-2-1-3-7-17)27-22-10-11-24-20(16-22)15-19-8-4-5-9-23(19)24/h1-12,16,21H,13-15H2. The summed E-state index contributed by atoms with van der Waals surface area (Å²) in [6, 6.07) is 24.7. The number of esters is 1. The fraction of sp³-hybridized carbons (Fsp3) is 0.160. The Morgan fingerprint density at radius 3 is 2.44 bits per heavy atom. The highest BCUT2D eigenvalue weighted by molar-refractivity contribution is 5.80. The van der Waals surface area contributed by atoms with Crippen LogP contribution >= 0.6 is 0 Å². The van der Waals surface area contributed by atoms with Crippen LogP contribution in [0.1, 0.15) is 29.5 Å². The zero-order valence-corrected chi connectivity index (χ0v) is 15.0. The molecule has 0 atom stereocenters. The summed E-state index contributed by atoms with van der Waals surface area (Å²) < 4.78 is 5.67. The summed E-state index contributed by atoms with van der Waals surface area (Å²) in [5.41, 5.74) is 7.62. The van der Waals surface area contributed by atoms with Gasteiger partial charge in [-0.1, -0.05) is 72.3 Å². The first-order valence-corrected chi connectivity index (χ1v) is 9.44. The van der Waals surface area contributed by atoms with Gasteiger partial charge in [0.2, 0.25) is 0 Å². The van der Waals surface area contributed by atoms with E-state index in [1.165, 1.54) is 33.4 Å². The van der Waals surface area contributed by atoms with E-state index in [1.807, 2.05) is 30.3 Å². The maximum Gasteiger partial charge on any atom is 0.314 e. The summed E-state index contributed by atoms with van der Waals surface area (Å²) in [6.45, 7) is 0. The molecule has 0 amide bonds. The van der Waals surface area contributed by atoms with Crippen LogP contribution in [0.2, 0.25) is 0 Å². The molecule has 0 aliphatic heterocycles. The number of carbonyl (C=O) groups is 1. The lowest BCUT2D eigenvalue weighted by molar-refractivity contribution is -0.140. The van der Waals surface area contributed by atoms with Crippen LogP contribution in [-0.4, -0.2) is 5.97 Å². The van der Waals surface area contributed by atoms with Gasteiger partial charge in [-0.2, -0.15) is 0 Å². The molecule has 1 saturated carbocycles. The minimum absolute atomic E-state index is 0.0228. The van der Waals surface area contributed by atoms with Crippen molar-refractivity contribution < 1.29 is 9.53 Å². The first-order chi connectivity index (χ1) is 13.3. The van der Waals surface area contributed by atoms with E-state index in [1.54, 1.807) is 0 Å². The Bertz CT molecular complexity index is 1040. The molecule has 3 aromatic rings. The molecule has 5 rings (SSSR count). The predicted molar refractivity (Wildman–Crippen MR) is 107 cm³/mol. The fourth-order valence-electron chi connectivity index (χ4n) is 4.03. The maximum absolute atomic E-state index is 12.5. The number of benzene rings is 3. The lowest BCUT2D eigenvalue weighted by Gasteiger charge is -2.27. The summed E-state index contributed by atoms with van der Waals surface area (Å²) in [6.07, 6.45) is 4.68. The van der Waals surface area contributed by atoms with Gasteiger partial charge in [-0.05, 0) is 59.2 Å². The Balaban J connectivity index is 1.24. The molecule has 132 valence electrons. The van der Waals surface area contributed by atoms with Crippen molar-refractivity contribution in [2.75, 3.05) is 0 Å². The average molecular weight is 352 g/mol. The third kappa shape index (κ3) is 3.08. The summed E-state index contributed by atoms with van der Waals surface area (Å²) in [7, 11) is 0. The van der Waals surface area contributed by atoms with E-state index in [0.29, 0.717) is 5.75 Å². The Labute approximate surface area is 159 Å². The minimum Gasteiger partial charge on any atom is -0.426 e. The lowest BCUT2D eigenvalue weighted by Crippen LogP contribution is -2.28. The van der Waals surface area contributed by atoms with Crippen LogP contribution in [0, 0.1) is 5.92 Å². The molecule has 2 aliphatic carbocycles. The zero-order valence-electron chi connectivity index (χ0n) is 15.0. The Hall–Kier alpha value is -3.13. The molecular weight excluding hydrogens is 332 g/mol. The van der Waals surface area contributed by atoms with Crippen LogP contribution in [0.4, 0.5) is 0 Å². The molecule has 0 bridgehead atoms. The SMILES string of the molecule is O=C(Oc1ccc2c(c1)Cc1ccccc1-2)C1CC(=Cc2ccccc2)C1. The molecule has 0 heterocycles. The summed E-state index contributed by atoms with van der Waals surface area (Å²) in [5.74, 6) is 0.521. The quantitative estimate of drug-likeness (QED) is 0.351. The summed E-state index contributed by atoms with van der Waals surface area (Å²) in [4.78, 5) is 12.5. The maximum atomic E-state index is 12.5. The predicted octanol–water partition coefficient (Wildman–Crippen LogP) is 5.66. The van der Waals surface area contributed by atoms with Crippen molar-refractivity contribution in [2.45, 2.75) is 19.3 Å². The number of rotatable bonds is 3. The van der Waals surface area contributed by atoms with Gasteiger partial charge >= 0.3 is 5.97 Å². The smallest absolute Gasteiger partial charge is 0.314 e. The lowest BCUT2D eigenvalue weighted by atomic mass is 9.79. The molecule has 2 nitrogen and oxygen atoms in total. The summed E-state index contributed by atoms with van der Waals surface area (Å²) >= 11 is 0. The highest BCUT2D eigenvalue weighted by atomic mass is 16.5. The van der Waals surface area contributed by atoms with Crippen LogP contribution in [0.15, 0.2) is 78.4 Å². The molecule has 3 aromatic carbocycles. The third-order valence-corrected chi connectivity index (χ3v) is 5.50. The van der Waals surface area contributed by atoms with Crippen molar-refractivity contribution in [1.29, 1.82) is 0 Å². The second-order valence-corrected chi connectivity index (χ2v) is 7.39. The van der Waals surface area contributed by atoms with Gasteiger partial charge in [-0.15, -0.1) is 0 Å². The van der Waals surface area contributed by atoms with Crippen molar-refractivity contribution in [3.63, 3.8) is 0 Å². The van der Waals surface area contributed by atoms with Crippen molar-refractivity contribution in [3.8, 4) is 16.9 Å². The van der Waals surface area contributed by atoms with Crippen LogP contribution in [0.25, 0.3) is 17.2 Å². The first kappa shape index (κ1) is 16.1. The minimum atomic E-state index is -0.115. The largest absolute Gasteiger partial charge is 0.426 e. The molecule has 0 spiro atoms. The second-order valence-electron chi connectivity index (χ2n) is 7.39. The van der Waals surface area contributed by atoms with E-state index in [0.717, 1.165) is 19.3 Å². The van der Waals surface area contributed by atoms with Crippen molar-refractivity contribution in [3.05, 3.63) is 95.1 Å². The Morgan fingerprint density at radius 2 is 1.59 bits per heavy atom. The zero-order chi connectivity index (χ0) is 18.2. The van der Waals surface area contributed by atoms with Crippen LogP contribution in [0.5, 0.6) is 5.75 Å². The highest BCUT2D eigenvalue weighted by Crippen LogP contribution is 2.39. The van der Waals surface area contributed by atoms with E-state index in [4.69, 9.17) is 4.74 Å². The molecule has 1 fully saturated rings. The Morgan fingerprint density at radius 1 is 0.852 bits per heavy atom. The monoisotopic (exact) mass is 352 g/mol. The van der Waals surface area contributed by atoms with Crippen LogP contribution < -0.4 is 4.74 Å². The first-order valence-electron chi connectivity index (χ1n) is 9.44. The topological polar surface area (TPSA) is 26.3 Å². The molecule has 0 N–H and O–H groups in total. The van der Waals surface area contributed by atoms with Gasteiger partial charge < -0.3 is 4.74 Å². The van der Waals surface area contributed by atoms with E-state index in [-0.39, 0.29) is 11.9 Å². The number of ether oxygens (including phenoxy) is 1. The van der Waals surface area contributed by atoms with Crippen molar-refractivity contribution in [1.82, 2.24) is 0 Å². The molecule has 2 aliphatic rings. The number of carbonyl (C=O) groups excluding carboxylic acids is 1. The normalized spacial score (nSPS) is 16.9. The van der Waals surface area contributed by atoms with Crippen LogP contribution in [0.3, 0.4) is 0 Å². The average Bonchev–Trinajstić information content (AvgIpc) is 3.02. The van der Waals surface area contributed by atoms with Gasteiger partial charge in [0, 0.05) is 0 Å². The van der Waals surface area contributed by atoms with Crippen molar-refractivity contribution >= 4 is 12.0 Å². The number of fused-ring (bicyclic) bond motifs is 3. The van der Waals surface area contributed by atoms with Gasteiger partial charge in [-0.25, -0.2) is 0 Å². The number of hydrogen-bond acceptors (Lipinski definition) is 2. The van der Waals surface area contributed by atoms with E-state index >= 15 is 0 Å². The van der Waals surface area contributed by atoms with E-state index in [9.17, 15) is 4.79 Å². The fourth-order valence-corrected chi connectivity index (χ4v) is 4.03. The third-order valence-electron chi connectivity index (χ3n) is 5.50. The molecule has 0 radical (unpaired) electrons. The molecule has 0 unspecified atom stereocenters.